The van der Waals surface area contributed by atoms with Gasteiger partial charge in [-0.25, -0.2) is 0 Å². The van der Waals surface area contributed by atoms with Gasteiger partial charge in [0.2, 0.25) is 0 Å². The largest absolute Gasteiger partial charge is 0.520 e. The molecule has 0 saturated carbocycles. The van der Waals surface area contributed by atoms with E-state index in [4.69, 9.17) is 36.3 Å². The predicted octanol–water partition coefficient (Wildman–Crippen LogP) is 2.73. The molecular formula is C19H32O8Si2. The van der Waals surface area contributed by atoms with Gasteiger partial charge in [-0.05, 0) is 31.2 Å². The Labute approximate surface area is 174 Å². The Morgan fingerprint density at radius 2 is 1.90 bits per heavy atom. The maximum atomic E-state index is 6.25. The fourth-order valence-corrected chi connectivity index (χ4v) is 6.88. The molecule has 0 N–H and O–H groups in total. The van der Waals surface area contributed by atoms with Crippen LogP contribution in [0.1, 0.15) is 12.0 Å². The van der Waals surface area contributed by atoms with E-state index in [0.29, 0.717) is 38.6 Å². The predicted molar refractivity (Wildman–Crippen MR) is 111 cm³/mol. The minimum atomic E-state index is -2.63. The Morgan fingerprint density at radius 1 is 1.14 bits per heavy atom. The number of hydrogen-bond acceptors (Lipinski definition) is 8. The third-order valence-corrected chi connectivity index (χ3v) is 10.5. The summed E-state index contributed by atoms with van der Waals surface area (Å²) in [7, 11) is -0.0590. The van der Waals surface area contributed by atoms with Crippen molar-refractivity contribution >= 4 is 17.4 Å². The molecule has 2 aliphatic rings. The molecule has 8 nitrogen and oxygen atoms in total. The van der Waals surface area contributed by atoms with Crippen LogP contribution >= 0.6 is 0 Å². The summed E-state index contributed by atoms with van der Waals surface area (Å²) < 4.78 is 45.2. The van der Waals surface area contributed by atoms with Crippen molar-refractivity contribution in [2.75, 3.05) is 47.8 Å². The summed E-state index contributed by atoms with van der Waals surface area (Å²) in [5.74, 6) is 1.66. The molecule has 1 fully saturated rings. The molecule has 1 saturated heterocycles. The monoisotopic (exact) mass is 444 g/mol. The number of epoxide rings is 1. The molecule has 1 aromatic carbocycles. The molecule has 2 unspecified atom stereocenters. The molecule has 0 radical (unpaired) electrons. The summed E-state index contributed by atoms with van der Waals surface area (Å²) >= 11 is 0. The minimum absolute atomic E-state index is 0.311. The summed E-state index contributed by atoms with van der Waals surface area (Å²) in [6, 6.07) is 7.33. The molecule has 2 aliphatic heterocycles. The van der Waals surface area contributed by atoms with Crippen molar-refractivity contribution in [2.24, 2.45) is 0 Å². The second kappa shape index (κ2) is 10.4. The molecule has 0 aromatic heterocycles. The second-order valence-electron chi connectivity index (χ2n) is 7.32. The number of benzene rings is 1. The Morgan fingerprint density at radius 3 is 2.59 bits per heavy atom. The summed E-state index contributed by atoms with van der Waals surface area (Å²) in [6.45, 7) is 5.32. The van der Waals surface area contributed by atoms with Gasteiger partial charge in [0, 0.05) is 39.5 Å². The van der Waals surface area contributed by atoms with Crippen LogP contribution in [0.5, 0.6) is 11.5 Å². The normalized spacial score (nSPS) is 23.4. The van der Waals surface area contributed by atoms with Crippen molar-refractivity contribution in [3.8, 4) is 11.5 Å². The summed E-state index contributed by atoms with van der Waals surface area (Å²) in [6.07, 6.45) is 1.24. The molecule has 0 aliphatic carbocycles. The van der Waals surface area contributed by atoms with E-state index in [1.54, 1.807) is 21.3 Å². The lowest BCUT2D eigenvalue weighted by Gasteiger charge is -2.33. The highest BCUT2D eigenvalue weighted by Gasteiger charge is 2.39. The number of ether oxygens (including phenoxy) is 3. The van der Waals surface area contributed by atoms with Gasteiger partial charge in [-0.15, -0.1) is 0 Å². The first-order chi connectivity index (χ1) is 14.0. The van der Waals surface area contributed by atoms with Crippen LogP contribution in [0.25, 0.3) is 0 Å². The molecule has 29 heavy (non-hydrogen) atoms. The Balaban J connectivity index is 1.45. The van der Waals surface area contributed by atoms with Crippen LogP contribution in [0.15, 0.2) is 18.2 Å². The van der Waals surface area contributed by atoms with Gasteiger partial charge in [0.1, 0.15) is 17.6 Å². The lowest BCUT2D eigenvalue weighted by Crippen LogP contribution is -2.44. The van der Waals surface area contributed by atoms with Gasteiger partial charge in [0.25, 0.3) is 0 Å². The van der Waals surface area contributed by atoms with Crippen LogP contribution in [0.2, 0.25) is 18.6 Å². The quantitative estimate of drug-likeness (QED) is 0.261. The van der Waals surface area contributed by atoms with Crippen molar-refractivity contribution in [1.29, 1.82) is 0 Å². The lowest BCUT2D eigenvalue weighted by atomic mass is 10.2. The molecule has 10 heteroatoms. The summed E-state index contributed by atoms with van der Waals surface area (Å²) in [4.78, 5) is 0. The van der Waals surface area contributed by atoms with Crippen LogP contribution in [-0.4, -0.2) is 71.2 Å². The van der Waals surface area contributed by atoms with E-state index in [1.807, 2.05) is 18.2 Å². The van der Waals surface area contributed by atoms with E-state index < -0.39 is 17.4 Å². The van der Waals surface area contributed by atoms with E-state index in [0.717, 1.165) is 36.1 Å². The van der Waals surface area contributed by atoms with Gasteiger partial charge in [0.05, 0.1) is 32.5 Å². The van der Waals surface area contributed by atoms with Crippen LogP contribution in [0.3, 0.4) is 0 Å². The first-order valence-electron chi connectivity index (χ1n) is 9.95. The second-order valence-corrected chi connectivity index (χ2v) is 13.7. The van der Waals surface area contributed by atoms with Crippen LogP contribution in [0, 0.1) is 0 Å². The summed E-state index contributed by atoms with van der Waals surface area (Å²) in [5, 5.41) is 0. The number of fused-ring (bicyclic) bond motifs is 1. The van der Waals surface area contributed by atoms with Crippen molar-refractivity contribution in [1.82, 2.24) is 0 Å². The third-order valence-electron chi connectivity index (χ3n) is 5.13. The minimum Gasteiger partial charge on any atom is -0.520 e. The van der Waals surface area contributed by atoms with Gasteiger partial charge in [0.15, 0.2) is 0 Å². The Bertz CT molecular complexity index is 645. The van der Waals surface area contributed by atoms with E-state index >= 15 is 0 Å². The van der Waals surface area contributed by atoms with Crippen molar-refractivity contribution < 1.29 is 36.3 Å². The van der Waals surface area contributed by atoms with Gasteiger partial charge < -0.3 is 36.3 Å². The van der Waals surface area contributed by atoms with Gasteiger partial charge >= 0.3 is 17.4 Å². The van der Waals surface area contributed by atoms with Gasteiger partial charge in [-0.1, -0.05) is 0 Å². The first-order valence-corrected chi connectivity index (χ1v) is 14.4. The Kier molecular flexibility index (Phi) is 8.10. The fourth-order valence-electron chi connectivity index (χ4n) is 3.20. The van der Waals surface area contributed by atoms with E-state index in [9.17, 15) is 0 Å². The zero-order valence-electron chi connectivity index (χ0n) is 17.7. The average molecular weight is 445 g/mol. The topological polar surface area (TPSA) is 77.1 Å². The first kappa shape index (κ1) is 22.7. The standard InChI is InChI=1S/C19H32O8Si2/c1-20-29(21-2,22-3)11-9-24-17-6-7-19-16(12-17)13-26-28(4,27-19)10-5-8-23-14-18-15-25-18/h6-7,12,18H,5,8-11,13-15H2,1-4H3. The highest BCUT2D eigenvalue weighted by molar-refractivity contribution is 6.67. The van der Waals surface area contributed by atoms with Crippen molar-refractivity contribution in [3.05, 3.63) is 23.8 Å². The molecule has 2 atom stereocenters. The maximum Gasteiger partial charge on any atom is 0.503 e. The van der Waals surface area contributed by atoms with Crippen molar-refractivity contribution in [2.45, 2.75) is 37.8 Å². The smallest absolute Gasteiger partial charge is 0.503 e. The highest BCUT2D eigenvalue weighted by atomic mass is 28.4. The van der Waals surface area contributed by atoms with E-state index in [2.05, 4.69) is 6.55 Å². The maximum absolute atomic E-state index is 6.25. The number of rotatable bonds is 13. The molecular weight excluding hydrogens is 412 g/mol. The van der Waals surface area contributed by atoms with Gasteiger partial charge in [-0.2, -0.15) is 0 Å². The Hall–Kier alpha value is -0.986. The zero-order chi connectivity index (χ0) is 20.7. The van der Waals surface area contributed by atoms with Crippen LogP contribution in [-0.2, 0) is 33.8 Å². The molecule has 0 amide bonds. The fraction of sp³-hybridized carbons (Fsp3) is 0.684. The van der Waals surface area contributed by atoms with E-state index in [1.165, 1.54) is 0 Å². The van der Waals surface area contributed by atoms with Crippen molar-refractivity contribution in [3.63, 3.8) is 0 Å². The molecule has 0 spiro atoms. The zero-order valence-corrected chi connectivity index (χ0v) is 19.7. The van der Waals surface area contributed by atoms with Gasteiger partial charge in [-0.3, -0.25) is 0 Å². The number of hydrogen-bond donors (Lipinski definition) is 0. The highest BCUT2D eigenvalue weighted by Crippen LogP contribution is 2.34. The molecule has 0 bridgehead atoms. The molecule has 3 rings (SSSR count). The third kappa shape index (κ3) is 6.49. The average Bonchev–Trinajstić information content (AvgIpc) is 3.56. The molecule has 164 valence electrons. The molecule has 2 heterocycles. The summed E-state index contributed by atoms with van der Waals surface area (Å²) in [5.41, 5.74) is 1.00. The SMILES string of the molecule is CO[Si](CCOc1ccc2c(c1)CO[Si](C)(CCCOCC1CO1)O2)(OC)OC. The van der Waals surface area contributed by atoms with Crippen LogP contribution < -0.4 is 9.16 Å². The van der Waals surface area contributed by atoms with E-state index in [-0.39, 0.29) is 0 Å². The molecule has 1 aromatic rings. The lowest BCUT2D eigenvalue weighted by molar-refractivity contribution is 0.114. The van der Waals surface area contributed by atoms with Crippen LogP contribution in [0.4, 0.5) is 0 Å².